The van der Waals surface area contributed by atoms with E-state index in [1.54, 1.807) is 55.5 Å². The van der Waals surface area contributed by atoms with Gasteiger partial charge < -0.3 is 5.32 Å². The summed E-state index contributed by atoms with van der Waals surface area (Å²) >= 11 is 0. The third-order valence-corrected chi connectivity index (χ3v) is 6.28. The molecule has 5 nitrogen and oxygen atoms in total. The second kappa shape index (κ2) is 9.06. The molecule has 0 atom stereocenters. The highest BCUT2D eigenvalue weighted by Gasteiger charge is 2.16. The van der Waals surface area contributed by atoms with Crippen LogP contribution in [0.15, 0.2) is 65.1 Å². The summed E-state index contributed by atoms with van der Waals surface area (Å²) in [5, 5.41) is 2.95. The van der Waals surface area contributed by atoms with Gasteiger partial charge >= 0.3 is 0 Å². The van der Waals surface area contributed by atoms with Crippen LogP contribution >= 0.6 is 0 Å². The highest BCUT2D eigenvalue weighted by Crippen LogP contribution is 2.22. The molecule has 2 aromatic carbocycles. The molecule has 0 saturated heterocycles. The number of carbonyl (C=O) groups is 1. The van der Waals surface area contributed by atoms with Crippen molar-refractivity contribution in [3.8, 4) is 0 Å². The Morgan fingerprint density at radius 2 is 1.86 bits per heavy atom. The Balaban J connectivity index is 1.61. The molecule has 3 rings (SSSR count). The smallest absolute Gasteiger partial charge is 0.261 e. The Morgan fingerprint density at radius 3 is 2.54 bits per heavy atom. The first-order chi connectivity index (χ1) is 13.5. The third-order valence-electron chi connectivity index (χ3n) is 4.90. The van der Waals surface area contributed by atoms with Gasteiger partial charge in [0.05, 0.1) is 10.6 Å². The molecule has 1 amide bonds. The van der Waals surface area contributed by atoms with Gasteiger partial charge in [-0.2, -0.15) is 0 Å². The van der Waals surface area contributed by atoms with Crippen molar-refractivity contribution < 1.29 is 13.2 Å². The highest BCUT2D eigenvalue weighted by atomic mass is 32.2. The van der Waals surface area contributed by atoms with Crippen LogP contribution in [0.4, 0.5) is 5.69 Å². The van der Waals surface area contributed by atoms with E-state index >= 15 is 0 Å². The fraction of sp³-hybridized carbons (Fsp3) is 0.318. The second-order valence-corrected chi connectivity index (χ2v) is 8.74. The van der Waals surface area contributed by atoms with E-state index in [2.05, 4.69) is 16.1 Å². The normalized spacial score (nSPS) is 14.2. The van der Waals surface area contributed by atoms with Crippen LogP contribution in [0.2, 0.25) is 0 Å². The number of sulfonamides is 1. The first kappa shape index (κ1) is 20.1. The summed E-state index contributed by atoms with van der Waals surface area (Å²) in [7, 11) is -3.65. The topological polar surface area (TPSA) is 75.3 Å². The quantitative estimate of drug-likeness (QED) is 0.678. The average molecular weight is 399 g/mol. The molecule has 1 aliphatic rings. The third kappa shape index (κ3) is 5.23. The summed E-state index contributed by atoms with van der Waals surface area (Å²) in [5.74, 6) is -0.142. The molecule has 0 aliphatic heterocycles. The number of allylic oxidation sites excluding steroid dienone is 1. The minimum atomic E-state index is -3.65. The molecule has 28 heavy (non-hydrogen) atoms. The van der Waals surface area contributed by atoms with Crippen molar-refractivity contribution in [3.05, 3.63) is 71.3 Å². The molecular weight excluding hydrogens is 372 g/mol. The number of nitrogens with one attached hydrogen (secondary N) is 2. The number of anilines is 1. The molecule has 0 radical (unpaired) electrons. The molecule has 2 N–H and O–H groups in total. The van der Waals surface area contributed by atoms with Gasteiger partial charge in [0.25, 0.3) is 15.9 Å². The molecule has 0 saturated carbocycles. The van der Waals surface area contributed by atoms with E-state index in [0.717, 1.165) is 19.3 Å². The van der Waals surface area contributed by atoms with Crippen molar-refractivity contribution in [1.29, 1.82) is 0 Å². The number of aryl methyl sites for hydroxylation is 1. The largest absolute Gasteiger partial charge is 0.352 e. The molecule has 148 valence electrons. The van der Waals surface area contributed by atoms with Crippen LogP contribution in [-0.2, 0) is 10.0 Å². The van der Waals surface area contributed by atoms with Crippen LogP contribution in [0, 0.1) is 6.92 Å². The molecule has 0 heterocycles. The van der Waals surface area contributed by atoms with Gasteiger partial charge in [-0.1, -0.05) is 29.8 Å². The number of hydrogen-bond donors (Lipinski definition) is 2. The molecule has 1 aliphatic carbocycles. The fourth-order valence-electron chi connectivity index (χ4n) is 3.29. The first-order valence-corrected chi connectivity index (χ1v) is 11.1. The highest BCUT2D eigenvalue weighted by molar-refractivity contribution is 7.92. The van der Waals surface area contributed by atoms with Gasteiger partial charge in [0.15, 0.2) is 0 Å². The van der Waals surface area contributed by atoms with E-state index in [1.165, 1.54) is 18.4 Å². The van der Waals surface area contributed by atoms with E-state index in [1.807, 2.05) is 0 Å². The molecule has 0 fully saturated rings. The van der Waals surface area contributed by atoms with Gasteiger partial charge in [0.1, 0.15) is 0 Å². The zero-order valence-electron chi connectivity index (χ0n) is 16.1. The van der Waals surface area contributed by atoms with E-state index in [9.17, 15) is 13.2 Å². The Labute approximate surface area is 166 Å². The maximum atomic E-state index is 12.5. The molecule has 2 aromatic rings. The van der Waals surface area contributed by atoms with Crippen LogP contribution in [0.3, 0.4) is 0 Å². The van der Waals surface area contributed by atoms with Crippen molar-refractivity contribution >= 4 is 21.6 Å². The molecule has 0 aromatic heterocycles. The van der Waals surface area contributed by atoms with E-state index in [-0.39, 0.29) is 10.8 Å². The monoisotopic (exact) mass is 398 g/mol. The Kier molecular flexibility index (Phi) is 6.52. The standard InChI is InChI=1S/C22H26N2O3S/c1-17-16-19(22(25)23-15-14-18-8-4-2-5-9-18)12-13-21(17)24-28(26,27)20-10-6-3-7-11-20/h3,6-8,10-13,16,24H,2,4-5,9,14-15H2,1H3,(H,23,25). The zero-order valence-corrected chi connectivity index (χ0v) is 16.9. The van der Waals surface area contributed by atoms with Gasteiger partial charge in [-0.15, -0.1) is 0 Å². The van der Waals surface area contributed by atoms with E-state index < -0.39 is 10.0 Å². The van der Waals surface area contributed by atoms with Crippen molar-refractivity contribution in [2.45, 2.75) is 43.9 Å². The second-order valence-electron chi connectivity index (χ2n) is 7.06. The lowest BCUT2D eigenvalue weighted by molar-refractivity contribution is 0.0954. The predicted molar refractivity (Wildman–Crippen MR) is 112 cm³/mol. The van der Waals surface area contributed by atoms with Gasteiger partial charge in [-0.25, -0.2) is 8.42 Å². The van der Waals surface area contributed by atoms with Gasteiger partial charge in [0, 0.05) is 12.1 Å². The van der Waals surface area contributed by atoms with Crippen LogP contribution in [-0.4, -0.2) is 20.9 Å². The molecule has 6 heteroatoms. The average Bonchev–Trinajstić information content (AvgIpc) is 2.71. The summed E-state index contributed by atoms with van der Waals surface area (Å²) in [5.41, 5.74) is 3.11. The summed E-state index contributed by atoms with van der Waals surface area (Å²) in [6.07, 6.45) is 7.94. The lowest BCUT2D eigenvalue weighted by Gasteiger charge is -2.14. The van der Waals surface area contributed by atoms with Gasteiger partial charge in [-0.3, -0.25) is 9.52 Å². The zero-order chi connectivity index (χ0) is 20.0. The number of amides is 1. The summed E-state index contributed by atoms with van der Waals surface area (Å²) in [4.78, 5) is 12.6. The lowest BCUT2D eigenvalue weighted by atomic mass is 9.97. The fourth-order valence-corrected chi connectivity index (χ4v) is 4.44. The van der Waals surface area contributed by atoms with Crippen LogP contribution in [0.25, 0.3) is 0 Å². The van der Waals surface area contributed by atoms with Crippen LogP contribution in [0.5, 0.6) is 0 Å². The van der Waals surface area contributed by atoms with Crippen molar-refractivity contribution in [2.75, 3.05) is 11.3 Å². The minimum Gasteiger partial charge on any atom is -0.352 e. The number of carbonyl (C=O) groups excluding carboxylic acids is 1. The Morgan fingerprint density at radius 1 is 1.07 bits per heavy atom. The van der Waals surface area contributed by atoms with Gasteiger partial charge in [0.2, 0.25) is 0 Å². The summed E-state index contributed by atoms with van der Waals surface area (Å²) < 4.78 is 27.5. The maximum absolute atomic E-state index is 12.5. The van der Waals surface area contributed by atoms with Crippen molar-refractivity contribution in [2.24, 2.45) is 0 Å². The molecule has 0 unspecified atom stereocenters. The van der Waals surface area contributed by atoms with E-state index in [4.69, 9.17) is 0 Å². The first-order valence-electron chi connectivity index (χ1n) is 9.60. The van der Waals surface area contributed by atoms with E-state index in [0.29, 0.717) is 23.4 Å². The minimum absolute atomic E-state index is 0.142. The molecule has 0 spiro atoms. The molecular formula is C22H26N2O3S. The van der Waals surface area contributed by atoms with Crippen molar-refractivity contribution in [3.63, 3.8) is 0 Å². The number of benzene rings is 2. The van der Waals surface area contributed by atoms with Crippen LogP contribution in [0.1, 0.15) is 48.0 Å². The lowest BCUT2D eigenvalue weighted by Crippen LogP contribution is -2.25. The maximum Gasteiger partial charge on any atom is 0.261 e. The summed E-state index contributed by atoms with van der Waals surface area (Å²) in [6.45, 7) is 2.40. The predicted octanol–water partition coefficient (Wildman–Crippen LogP) is 4.42. The van der Waals surface area contributed by atoms with Gasteiger partial charge in [-0.05, 0) is 74.9 Å². The number of rotatable bonds is 7. The number of hydrogen-bond acceptors (Lipinski definition) is 3. The van der Waals surface area contributed by atoms with Crippen LogP contribution < -0.4 is 10.0 Å². The summed E-state index contributed by atoms with van der Waals surface area (Å²) in [6, 6.07) is 13.2. The Bertz CT molecular complexity index is 967. The SMILES string of the molecule is Cc1cc(C(=O)NCCC2=CCCCC2)ccc1NS(=O)(=O)c1ccccc1. The van der Waals surface area contributed by atoms with Crippen molar-refractivity contribution in [1.82, 2.24) is 5.32 Å². The Hall–Kier alpha value is -2.60. The molecule has 0 bridgehead atoms.